The van der Waals surface area contributed by atoms with Crippen LogP contribution >= 0.6 is 15.9 Å². The fraction of sp³-hybridized carbons (Fsp3) is 0.462. The summed E-state index contributed by atoms with van der Waals surface area (Å²) in [6.07, 6.45) is 0.935. The summed E-state index contributed by atoms with van der Waals surface area (Å²) in [7, 11) is 1.83. The van der Waals surface area contributed by atoms with Crippen molar-refractivity contribution in [3.63, 3.8) is 0 Å². The topological polar surface area (TPSA) is 46.3 Å². The van der Waals surface area contributed by atoms with Gasteiger partial charge in [0, 0.05) is 28.8 Å². The Morgan fingerprint density at radius 3 is 2.65 bits per heavy atom. The molecule has 0 aliphatic heterocycles. The van der Waals surface area contributed by atoms with Crippen LogP contribution in [-0.2, 0) is 0 Å². The van der Waals surface area contributed by atoms with E-state index in [9.17, 15) is 4.79 Å². The van der Waals surface area contributed by atoms with Crippen molar-refractivity contribution in [2.75, 3.05) is 12.8 Å². The van der Waals surface area contributed by atoms with Crippen LogP contribution in [0.3, 0.4) is 0 Å². The highest BCUT2D eigenvalue weighted by atomic mass is 79.9. The number of carbonyl (C=O) groups excluding carboxylic acids is 1. The number of benzene rings is 1. The summed E-state index contributed by atoms with van der Waals surface area (Å²) in [5.74, 6) is 0.0184. The lowest BCUT2D eigenvalue weighted by Gasteiger charge is -2.25. The highest BCUT2D eigenvalue weighted by molar-refractivity contribution is 9.10. The number of nitrogens with zero attached hydrogens (tertiary/aromatic N) is 1. The van der Waals surface area contributed by atoms with Gasteiger partial charge in [0.05, 0.1) is 0 Å². The van der Waals surface area contributed by atoms with Crippen LogP contribution < -0.4 is 5.73 Å². The van der Waals surface area contributed by atoms with E-state index in [1.165, 1.54) is 0 Å². The molecule has 0 fully saturated rings. The molecule has 1 unspecified atom stereocenters. The first-order chi connectivity index (χ1) is 7.88. The lowest BCUT2D eigenvalue weighted by atomic mass is 10.0. The molecular formula is C13H19BrN2O. The zero-order chi connectivity index (χ0) is 13.2. The number of rotatable bonds is 3. The summed E-state index contributed by atoms with van der Waals surface area (Å²) < 4.78 is 0.835. The van der Waals surface area contributed by atoms with Gasteiger partial charge in [0.15, 0.2) is 0 Å². The molecule has 94 valence electrons. The SMILES string of the molecule is CCC(C)N(C)C(=O)c1cc(Br)cc(N)c1C. The smallest absolute Gasteiger partial charge is 0.254 e. The van der Waals surface area contributed by atoms with E-state index in [0.29, 0.717) is 11.3 Å². The third kappa shape index (κ3) is 3.00. The first-order valence-corrected chi connectivity index (χ1v) is 6.50. The molecule has 0 heterocycles. The zero-order valence-electron chi connectivity index (χ0n) is 10.7. The maximum atomic E-state index is 12.3. The van der Waals surface area contributed by atoms with Gasteiger partial charge < -0.3 is 10.6 Å². The Labute approximate surface area is 111 Å². The fourth-order valence-corrected chi connectivity index (χ4v) is 2.06. The Balaban J connectivity index is 3.12. The second-order valence-corrected chi connectivity index (χ2v) is 5.26. The van der Waals surface area contributed by atoms with E-state index in [0.717, 1.165) is 16.5 Å². The van der Waals surface area contributed by atoms with Gasteiger partial charge in [-0.05, 0) is 38.0 Å². The monoisotopic (exact) mass is 298 g/mol. The fourth-order valence-electron chi connectivity index (χ4n) is 1.59. The number of halogens is 1. The van der Waals surface area contributed by atoms with E-state index < -0.39 is 0 Å². The number of nitrogen functional groups attached to an aromatic ring is 1. The average molecular weight is 299 g/mol. The molecule has 1 aromatic carbocycles. The van der Waals surface area contributed by atoms with Crippen LogP contribution in [0.5, 0.6) is 0 Å². The van der Waals surface area contributed by atoms with E-state index in [1.807, 2.05) is 33.0 Å². The van der Waals surface area contributed by atoms with Crippen molar-refractivity contribution in [3.8, 4) is 0 Å². The number of hydrogen-bond acceptors (Lipinski definition) is 2. The molecule has 1 atom stereocenters. The van der Waals surface area contributed by atoms with Crippen molar-refractivity contribution in [1.29, 1.82) is 0 Å². The van der Waals surface area contributed by atoms with Crippen LogP contribution in [0.15, 0.2) is 16.6 Å². The molecule has 0 saturated heterocycles. The minimum Gasteiger partial charge on any atom is -0.398 e. The molecule has 0 aliphatic rings. The van der Waals surface area contributed by atoms with Crippen LogP contribution in [0.2, 0.25) is 0 Å². The number of hydrogen-bond donors (Lipinski definition) is 1. The van der Waals surface area contributed by atoms with Gasteiger partial charge in [-0.1, -0.05) is 22.9 Å². The highest BCUT2D eigenvalue weighted by Gasteiger charge is 2.19. The number of carbonyl (C=O) groups is 1. The predicted octanol–water partition coefficient (Wildman–Crippen LogP) is 3.21. The number of amides is 1. The highest BCUT2D eigenvalue weighted by Crippen LogP contribution is 2.24. The molecule has 0 bridgehead atoms. The molecule has 1 aromatic rings. The maximum Gasteiger partial charge on any atom is 0.254 e. The molecule has 17 heavy (non-hydrogen) atoms. The van der Waals surface area contributed by atoms with E-state index in [4.69, 9.17) is 5.73 Å². The minimum absolute atomic E-state index is 0.0184. The Morgan fingerprint density at radius 2 is 2.12 bits per heavy atom. The largest absolute Gasteiger partial charge is 0.398 e. The molecule has 1 amide bonds. The lowest BCUT2D eigenvalue weighted by molar-refractivity contribution is 0.0740. The Kier molecular flexibility index (Phi) is 4.57. The van der Waals surface area contributed by atoms with Gasteiger partial charge in [-0.3, -0.25) is 4.79 Å². The van der Waals surface area contributed by atoms with Crippen molar-refractivity contribution in [2.24, 2.45) is 0 Å². The third-order valence-electron chi connectivity index (χ3n) is 3.22. The van der Waals surface area contributed by atoms with Gasteiger partial charge >= 0.3 is 0 Å². The molecule has 0 radical (unpaired) electrons. The van der Waals surface area contributed by atoms with Crippen LogP contribution in [0.4, 0.5) is 5.69 Å². The number of nitrogens with two attached hydrogens (primary N) is 1. The first kappa shape index (κ1) is 14.0. The molecule has 0 saturated carbocycles. The van der Waals surface area contributed by atoms with Gasteiger partial charge in [0.25, 0.3) is 5.91 Å². The molecule has 2 N–H and O–H groups in total. The maximum absolute atomic E-state index is 12.3. The van der Waals surface area contributed by atoms with E-state index in [1.54, 1.807) is 4.90 Å². The average Bonchev–Trinajstić information content (AvgIpc) is 2.30. The number of anilines is 1. The van der Waals surface area contributed by atoms with Crippen molar-refractivity contribution in [3.05, 3.63) is 27.7 Å². The molecule has 0 aliphatic carbocycles. The summed E-state index contributed by atoms with van der Waals surface area (Å²) in [4.78, 5) is 14.1. The summed E-state index contributed by atoms with van der Waals surface area (Å²) in [6.45, 7) is 5.98. The van der Waals surface area contributed by atoms with E-state index in [2.05, 4.69) is 22.9 Å². The van der Waals surface area contributed by atoms with Crippen molar-refractivity contribution < 1.29 is 4.79 Å². The normalized spacial score (nSPS) is 12.3. The minimum atomic E-state index is 0.0184. The van der Waals surface area contributed by atoms with Crippen LogP contribution in [0.25, 0.3) is 0 Å². The van der Waals surface area contributed by atoms with Crippen molar-refractivity contribution in [1.82, 2.24) is 4.90 Å². The van der Waals surface area contributed by atoms with Crippen LogP contribution in [-0.4, -0.2) is 23.9 Å². The second-order valence-electron chi connectivity index (χ2n) is 4.34. The summed E-state index contributed by atoms with van der Waals surface area (Å²) >= 11 is 3.37. The van der Waals surface area contributed by atoms with Gasteiger partial charge in [-0.25, -0.2) is 0 Å². The Bertz CT molecular complexity index is 432. The van der Waals surface area contributed by atoms with E-state index >= 15 is 0 Å². The summed E-state index contributed by atoms with van der Waals surface area (Å²) in [5, 5.41) is 0. The first-order valence-electron chi connectivity index (χ1n) is 5.71. The van der Waals surface area contributed by atoms with Crippen LogP contribution in [0, 0.1) is 6.92 Å². The predicted molar refractivity (Wildman–Crippen MR) is 75.1 cm³/mol. The molecule has 0 spiro atoms. The second kappa shape index (κ2) is 5.54. The third-order valence-corrected chi connectivity index (χ3v) is 3.67. The molecule has 4 heteroatoms. The van der Waals surface area contributed by atoms with Crippen LogP contribution in [0.1, 0.15) is 36.2 Å². The van der Waals surface area contributed by atoms with Crippen molar-refractivity contribution in [2.45, 2.75) is 33.2 Å². The summed E-state index contributed by atoms with van der Waals surface area (Å²) in [5.41, 5.74) is 8.01. The van der Waals surface area contributed by atoms with Gasteiger partial charge in [0.2, 0.25) is 0 Å². The molecule has 1 rings (SSSR count). The Hall–Kier alpha value is -1.03. The Morgan fingerprint density at radius 1 is 1.53 bits per heavy atom. The molecule has 0 aromatic heterocycles. The summed E-state index contributed by atoms with van der Waals surface area (Å²) in [6, 6.07) is 3.87. The zero-order valence-corrected chi connectivity index (χ0v) is 12.3. The van der Waals surface area contributed by atoms with E-state index in [-0.39, 0.29) is 11.9 Å². The standard InChI is InChI=1S/C13H19BrN2O/c1-5-8(2)16(4)13(17)11-6-10(14)7-12(15)9(11)3/h6-8H,5,15H2,1-4H3. The van der Waals surface area contributed by atoms with Gasteiger partial charge in [-0.2, -0.15) is 0 Å². The van der Waals surface area contributed by atoms with Crippen molar-refractivity contribution >= 4 is 27.5 Å². The van der Waals surface area contributed by atoms with Gasteiger partial charge in [-0.15, -0.1) is 0 Å². The quantitative estimate of drug-likeness (QED) is 0.871. The molecule has 3 nitrogen and oxygen atoms in total. The van der Waals surface area contributed by atoms with Gasteiger partial charge in [0.1, 0.15) is 0 Å². The molecular weight excluding hydrogens is 280 g/mol. The lowest BCUT2D eigenvalue weighted by Crippen LogP contribution is -2.35.